The summed E-state index contributed by atoms with van der Waals surface area (Å²) < 4.78 is 0.984. The van der Waals surface area contributed by atoms with Gasteiger partial charge in [-0.25, -0.2) is 0 Å². The third-order valence-corrected chi connectivity index (χ3v) is 4.70. The van der Waals surface area contributed by atoms with Crippen molar-refractivity contribution in [3.63, 3.8) is 0 Å². The van der Waals surface area contributed by atoms with Gasteiger partial charge in [0, 0.05) is 43.0 Å². The van der Waals surface area contributed by atoms with E-state index in [1.807, 2.05) is 29.3 Å². The van der Waals surface area contributed by atoms with E-state index in [9.17, 15) is 4.79 Å². The molecule has 2 aromatic rings. The van der Waals surface area contributed by atoms with E-state index in [1.54, 1.807) is 6.92 Å². The summed E-state index contributed by atoms with van der Waals surface area (Å²) in [4.78, 5) is 19.9. The third kappa shape index (κ3) is 2.85. The number of carbonyl (C=O) groups is 1. The second-order valence-electron chi connectivity index (χ2n) is 5.11. The summed E-state index contributed by atoms with van der Waals surface area (Å²) in [6, 6.07) is 5.89. The molecule has 1 aliphatic heterocycles. The van der Waals surface area contributed by atoms with Gasteiger partial charge in [0.15, 0.2) is 0 Å². The standard InChI is InChI=1S/C15H15BrClN3O/c1-10(21)19-4-6-20(7-5-19)14-9-18-13-3-2-11(16)8-12(13)15(14)17/h2-3,8-9H,4-7H2,1H3. The highest BCUT2D eigenvalue weighted by atomic mass is 79.9. The van der Waals surface area contributed by atoms with Gasteiger partial charge >= 0.3 is 0 Å². The highest BCUT2D eigenvalue weighted by Gasteiger charge is 2.21. The van der Waals surface area contributed by atoms with Gasteiger partial charge in [-0.2, -0.15) is 0 Å². The number of rotatable bonds is 1. The summed E-state index contributed by atoms with van der Waals surface area (Å²) in [5.41, 5.74) is 1.82. The number of amides is 1. The van der Waals surface area contributed by atoms with Crippen LogP contribution in [-0.4, -0.2) is 42.0 Å². The number of pyridine rings is 1. The Morgan fingerprint density at radius 3 is 2.67 bits per heavy atom. The molecule has 0 bridgehead atoms. The number of hydrogen-bond donors (Lipinski definition) is 0. The third-order valence-electron chi connectivity index (χ3n) is 3.81. The molecule has 0 N–H and O–H groups in total. The molecule has 0 spiro atoms. The van der Waals surface area contributed by atoms with Crippen LogP contribution in [0.25, 0.3) is 10.9 Å². The normalized spacial score (nSPS) is 15.6. The van der Waals surface area contributed by atoms with E-state index in [0.29, 0.717) is 0 Å². The molecule has 3 rings (SSSR count). The van der Waals surface area contributed by atoms with Crippen molar-refractivity contribution < 1.29 is 4.79 Å². The molecule has 0 aliphatic carbocycles. The van der Waals surface area contributed by atoms with E-state index in [2.05, 4.69) is 25.8 Å². The Morgan fingerprint density at radius 1 is 1.29 bits per heavy atom. The molecule has 110 valence electrons. The number of piperazine rings is 1. The second kappa shape index (κ2) is 5.81. The number of halogens is 2. The van der Waals surface area contributed by atoms with E-state index < -0.39 is 0 Å². The molecule has 1 amide bonds. The average Bonchev–Trinajstić information content (AvgIpc) is 2.48. The largest absolute Gasteiger partial charge is 0.366 e. The maximum atomic E-state index is 11.4. The fraction of sp³-hybridized carbons (Fsp3) is 0.333. The lowest BCUT2D eigenvalue weighted by atomic mass is 10.2. The van der Waals surface area contributed by atoms with Gasteiger partial charge in [-0.1, -0.05) is 27.5 Å². The summed E-state index contributed by atoms with van der Waals surface area (Å²) >= 11 is 10.0. The van der Waals surface area contributed by atoms with Crippen molar-refractivity contribution in [2.24, 2.45) is 0 Å². The molecule has 4 nitrogen and oxygen atoms in total. The van der Waals surface area contributed by atoms with Crippen LogP contribution in [0.1, 0.15) is 6.92 Å². The zero-order valence-corrected chi connectivity index (χ0v) is 14.0. The zero-order chi connectivity index (χ0) is 15.0. The van der Waals surface area contributed by atoms with Crippen molar-refractivity contribution in [2.45, 2.75) is 6.92 Å². The van der Waals surface area contributed by atoms with Gasteiger partial charge in [0.25, 0.3) is 0 Å². The molecule has 0 atom stereocenters. The van der Waals surface area contributed by atoms with E-state index in [4.69, 9.17) is 11.6 Å². The first kappa shape index (κ1) is 14.6. The number of aromatic nitrogens is 1. The fourth-order valence-corrected chi connectivity index (χ4v) is 3.29. The van der Waals surface area contributed by atoms with E-state index >= 15 is 0 Å². The van der Waals surface area contributed by atoms with Crippen LogP contribution < -0.4 is 4.90 Å². The highest BCUT2D eigenvalue weighted by molar-refractivity contribution is 9.10. The predicted molar refractivity (Wildman–Crippen MR) is 88.9 cm³/mol. The molecule has 0 radical (unpaired) electrons. The van der Waals surface area contributed by atoms with Crippen LogP contribution in [0.15, 0.2) is 28.9 Å². The Morgan fingerprint density at radius 2 is 2.00 bits per heavy atom. The van der Waals surface area contributed by atoms with Crippen molar-refractivity contribution >= 4 is 50.0 Å². The Balaban J connectivity index is 1.91. The number of benzene rings is 1. The lowest BCUT2D eigenvalue weighted by molar-refractivity contribution is -0.129. The first-order chi connectivity index (χ1) is 10.1. The molecule has 1 aliphatic rings. The molecular weight excluding hydrogens is 354 g/mol. The van der Waals surface area contributed by atoms with E-state index in [0.717, 1.165) is 52.3 Å². The molecule has 0 unspecified atom stereocenters. The Labute approximate surface area is 136 Å². The molecule has 21 heavy (non-hydrogen) atoms. The van der Waals surface area contributed by atoms with Crippen LogP contribution >= 0.6 is 27.5 Å². The number of carbonyl (C=O) groups excluding carboxylic acids is 1. The summed E-state index contributed by atoms with van der Waals surface area (Å²) in [5.74, 6) is 0.126. The van der Waals surface area contributed by atoms with Gasteiger partial charge in [0.1, 0.15) is 0 Å². The lowest BCUT2D eigenvalue weighted by Crippen LogP contribution is -2.48. The van der Waals surface area contributed by atoms with Crippen molar-refractivity contribution in [2.75, 3.05) is 31.1 Å². The quantitative estimate of drug-likeness (QED) is 0.775. The minimum Gasteiger partial charge on any atom is -0.366 e. The molecular formula is C15H15BrClN3O. The number of anilines is 1. The fourth-order valence-electron chi connectivity index (χ4n) is 2.60. The first-order valence-corrected chi connectivity index (χ1v) is 7.97. The minimum absolute atomic E-state index is 0.126. The van der Waals surface area contributed by atoms with Crippen molar-refractivity contribution in [1.82, 2.24) is 9.88 Å². The topological polar surface area (TPSA) is 36.4 Å². The smallest absolute Gasteiger partial charge is 0.219 e. The minimum atomic E-state index is 0.126. The van der Waals surface area contributed by atoms with Crippen LogP contribution in [-0.2, 0) is 4.79 Å². The van der Waals surface area contributed by atoms with Gasteiger partial charge in [-0.3, -0.25) is 9.78 Å². The van der Waals surface area contributed by atoms with Crippen LogP contribution in [0.3, 0.4) is 0 Å². The summed E-state index contributed by atoms with van der Waals surface area (Å²) in [6.07, 6.45) is 1.82. The van der Waals surface area contributed by atoms with Crippen molar-refractivity contribution in [3.8, 4) is 0 Å². The van der Waals surface area contributed by atoms with E-state index in [-0.39, 0.29) is 5.91 Å². The Hall–Kier alpha value is -1.33. The molecule has 6 heteroatoms. The number of fused-ring (bicyclic) bond motifs is 1. The Kier molecular flexibility index (Phi) is 4.04. The molecule has 1 fully saturated rings. The lowest BCUT2D eigenvalue weighted by Gasteiger charge is -2.36. The van der Waals surface area contributed by atoms with Crippen LogP contribution in [0.4, 0.5) is 5.69 Å². The Bertz CT molecular complexity index is 699. The molecule has 1 aromatic heterocycles. The number of hydrogen-bond acceptors (Lipinski definition) is 3. The molecule has 0 saturated carbocycles. The van der Waals surface area contributed by atoms with Crippen LogP contribution in [0, 0.1) is 0 Å². The molecule has 2 heterocycles. The van der Waals surface area contributed by atoms with Crippen molar-refractivity contribution in [1.29, 1.82) is 0 Å². The van der Waals surface area contributed by atoms with Gasteiger partial charge < -0.3 is 9.80 Å². The summed E-state index contributed by atoms with van der Waals surface area (Å²) in [5, 5.41) is 1.66. The maximum absolute atomic E-state index is 11.4. The van der Waals surface area contributed by atoms with Gasteiger partial charge in [-0.05, 0) is 18.2 Å². The molecule has 1 aromatic carbocycles. The first-order valence-electron chi connectivity index (χ1n) is 6.80. The van der Waals surface area contributed by atoms with E-state index in [1.165, 1.54) is 0 Å². The van der Waals surface area contributed by atoms with Crippen LogP contribution in [0.2, 0.25) is 5.02 Å². The predicted octanol–water partition coefficient (Wildman–Crippen LogP) is 3.32. The summed E-state index contributed by atoms with van der Waals surface area (Å²) in [7, 11) is 0. The average molecular weight is 369 g/mol. The highest BCUT2D eigenvalue weighted by Crippen LogP contribution is 2.33. The van der Waals surface area contributed by atoms with Crippen LogP contribution in [0.5, 0.6) is 0 Å². The zero-order valence-electron chi connectivity index (χ0n) is 11.6. The SMILES string of the molecule is CC(=O)N1CCN(c2cnc3ccc(Br)cc3c2Cl)CC1. The second-order valence-corrected chi connectivity index (χ2v) is 6.41. The summed E-state index contributed by atoms with van der Waals surface area (Å²) in [6.45, 7) is 4.61. The van der Waals surface area contributed by atoms with Gasteiger partial charge in [0.05, 0.1) is 22.4 Å². The maximum Gasteiger partial charge on any atom is 0.219 e. The van der Waals surface area contributed by atoms with Gasteiger partial charge in [-0.15, -0.1) is 0 Å². The van der Waals surface area contributed by atoms with Gasteiger partial charge in [0.2, 0.25) is 5.91 Å². The number of nitrogens with zero attached hydrogens (tertiary/aromatic N) is 3. The van der Waals surface area contributed by atoms with Crippen molar-refractivity contribution in [3.05, 3.63) is 33.9 Å². The molecule has 1 saturated heterocycles. The monoisotopic (exact) mass is 367 g/mol.